The first kappa shape index (κ1) is 18.8. The minimum Gasteiger partial charge on any atom is -0.477 e. The fourth-order valence-corrected chi connectivity index (χ4v) is 3.52. The van der Waals surface area contributed by atoms with E-state index < -0.39 is 5.97 Å². The molecule has 4 nitrogen and oxygen atoms in total. The van der Waals surface area contributed by atoms with Gasteiger partial charge in [0.05, 0.1) is 5.56 Å². The van der Waals surface area contributed by atoms with E-state index in [1.54, 1.807) is 11.6 Å². The third-order valence-corrected chi connectivity index (χ3v) is 5.09. The van der Waals surface area contributed by atoms with Crippen LogP contribution >= 0.6 is 0 Å². The van der Waals surface area contributed by atoms with Crippen molar-refractivity contribution in [3.63, 3.8) is 0 Å². The van der Waals surface area contributed by atoms with Crippen molar-refractivity contribution in [3.05, 3.63) is 46.8 Å². The van der Waals surface area contributed by atoms with Crippen LogP contribution < -0.4 is 0 Å². The molecule has 2 rings (SSSR count). The van der Waals surface area contributed by atoms with Crippen LogP contribution in [0.4, 0.5) is 0 Å². The zero-order valence-corrected chi connectivity index (χ0v) is 15.5. The van der Waals surface area contributed by atoms with E-state index in [2.05, 4.69) is 32.0 Å². The van der Waals surface area contributed by atoms with Gasteiger partial charge in [-0.2, -0.15) is 5.26 Å². The number of benzene rings is 1. The molecule has 0 aliphatic heterocycles. The van der Waals surface area contributed by atoms with Gasteiger partial charge in [0.15, 0.2) is 0 Å². The highest BCUT2D eigenvalue weighted by molar-refractivity contribution is 5.97. The summed E-state index contributed by atoms with van der Waals surface area (Å²) in [6.07, 6.45) is 3.95. The summed E-state index contributed by atoms with van der Waals surface area (Å²) < 4.78 is 1.63. The minimum atomic E-state index is -1.00. The average molecular weight is 338 g/mol. The summed E-state index contributed by atoms with van der Waals surface area (Å²) in [5.74, 6) is -0.340. The fourth-order valence-electron chi connectivity index (χ4n) is 3.52. The second-order valence-electron chi connectivity index (χ2n) is 6.46. The molecule has 0 amide bonds. The van der Waals surface area contributed by atoms with Crippen molar-refractivity contribution in [1.82, 2.24) is 4.57 Å². The summed E-state index contributed by atoms with van der Waals surface area (Å²) in [7, 11) is 1.72. The summed E-state index contributed by atoms with van der Waals surface area (Å²) in [6.45, 7) is 6.35. The van der Waals surface area contributed by atoms with Gasteiger partial charge in [0.1, 0.15) is 11.8 Å². The van der Waals surface area contributed by atoms with Gasteiger partial charge in [-0.25, -0.2) is 4.79 Å². The number of hydrogen-bond acceptors (Lipinski definition) is 2. The zero-order valence-electron chi connectivity index (χ0n) is 15.5. The first-order valence-corrected chi connectivity index (χ1v) is 8.92. The van der Waals surface area contributed by atoms with Gasteiger partial charge in [0, 0.05) is 18.3 Å². The fraction of sp³-hybridized carbons (Fsp3) is 0.429. The molecule has 25 heavy (non-hydrogen) atoms. The molecule has 132 valence electrons. The predicted molar refractivity (Wildman–Crippen MR) is 99.7 cm³/mol. The number of hydrogen-bond donors (Lipinski definition) is 1. The molecular weight excluding hydrogens is 312 g/mol. The summed E-state index contributed by atoms with van der Waals surface area (Å²) in [6, 6.07) is 10.2. The van der Waals surface area contributed by atoms with E-state index in [4.69, 9.17) is 0 Å². The summed E-state index contributed by atoms with van der Waals surface area (Å²) >= 11 is 0. The minimum absolute atomic E-state index is 0.182. The van der Waals surface area contributed by atoms with Gasteiger partial charge >= 0.3 is 5.97 Å². The Hall–Kier alpha value is -2.54. The van der Waals surface area contributed by atoms with Crippen LogP contribution in [0.3, 0.4) is 0 Å². The SMILES string of the molecule is CCc1c(C#N)c(-c2ccc(CC(CC)CC)cc2)c(C(=O)O)n1C. The van der Waals surface area contributed by atoms with Crippen molar-refractivity contribution in [2.45, 2.75) is 46.5 Å². The van der Waals surface area contributed by atoms with Gasteiger partial charge in [0.2, 0.25) is 0 Å². The molecule has 1 N–H and O–H groups in total. The van der Waals surface area contributed by atoms with Crippen molar-refractivity contribution in [2.24, 2.45) is 13.0 Å². The molecule has 4 heteroatoms. The molecule has 0 aliphatic rings. The number of aromatic nitrogens is 1. The zero-order chi connectivity index (χ0) is 18.6. The third kappa shape index (κ3) is 3.61. The number of nitrogens with zero attached hydrogens (tertiary/aromatic N) is 2. The van der Waals surface area contributed by atoms with Crippen LogP contribution in [-0.4, -0.2) is 15.6 Å². The lowest BCUT2D eigenvalue weighted by Gasteiger charge is -2.12. The molecule has 0 unspecified atom stereocenters. The highest BCUT2D eigenvalue weighted by atomic mass is 16.4. The van der Waals surface area contributed by atoms with Gasteiger partial charge in [-0.1, -0.05) is 57.9 Å². The van der Waals surface area contributed by atoms with Crippen molar-refractivity contribution in [3.8, 4) is 17.2 Å². The highest BCUT2D eigenvalue weighted by Crippen LogP contribution is 2.33. The van der Waals surface area contributed by atoms with Crippen LogP contribution in [0, 0.1) is 17.2 Å². The molecule has 1 aromatic heterocycles. The Morgan fingerprint density at radius 2 is 1.80 bits per heavy atom. The van der Waals surface area contributed by atoms with Gasteiger partial charge in [-0.05, 0) is 29.9 Å². The van der Waals surface area contributed by atoms with Gasteiger partial charge in [0.25, 0.3) is 0 Å². The van der Waals surface area contributed by atoms with E-state index in [9.17, 15) is 15.2 Å². The maximum Gasteiger partial charge on any atom is 0.353 e. The molecule has 0 saturated carbocycles. The second kappa shape index (κ2) is 8.02. The Balaban J connectivity index is 2.52. The van der Waals surface area contributed by atoms with E-state index in [-0.39, 0.29) is 5.69 Å². The first-order valence-electron chi connectivity index (χ1n) is 8.92. The number of aromatic carboxylic acids is 1. The van der Waals surface area contributed by atoms with Crippen LogP contribution in [-0.2, 0) is 19.9 Å². The normalized spacial score (nSPS) is 10.9. The molecule has 0 bridgehead atoms. The quantitative estimate of drug-likeness (QED) is 0.788. The Bertz CT molecular complexity index is 791. The molecule has 0 fully saturated rings. The van der Waals surface area contributed by atoms with E-state index >= 15 is 0 Å². The van der Waals surface area contributed by atoms with E-state index in [0.29, 0.717) is 23.5 Å². The number of carboxylic acid groups (broad SMARTS) is 1. The van der Waals surface area contributed by atoms with E-state index in [0.717, 1.165) is 30.5 Å². The number of nitriles is 1. The Labute approximate surface area is 149 Å². The van der Waals surface area contributed by atoms with Crippen LogP contribution in [0.15, 0.2) is 24.3 Å². The molecule has 2 aromatic rings. The van der Waals surface area contributed by atoms with Gasteiger partial charge in [-0.3, -0.25) is 0 Å². The van der Waals surface area contributed by atoms with Crippen molar-refractivity contribution in [2.75, 3.05) is 0 Å². The number of carbonyl (C=O) groups is 1. The van der Waals surface area contributed by atoms with Gasteiger partial charge in [-0.15, -0.1) is 0 Å². The molecule has 0 radical (unpaired) electrons. The van der Waals surface area contributed by atoms with Crippen LogP contribution in [0.25, 0.3) is 11.1 Å². The maximum atomic E-state index is 11.8. The van der Waals surface area contributed by atoms with E-state index in [1.807, 2.05) is 19.1 Å². The van der Waals surface area contributed by atoms with Crippen LogP contribution in [0.2, 0.25) is 0 Å². The summed E-state index contributed by atoms with van der Waals surface area (Å²) in [5, 5.41) is 19.2. The molecule has 0 atom stereocenters. The monoisotopic (exact) mass is 338 g/mol. The third-order valence-electron chi connectivity index (χ3n) is 5.09. The lowest BCUT2D eigenvalue weighted by molar-refractivity contribution is 0.0687. The van der Waals surface area contributed by atoms with Gasteiger partial charge < -0.3 is 9.67 Å². The average Bonchev–Trinajstić information content (AvgIpc) is 2.91. The lowest BCUT2D eigenvalue weighted by Crippen LogP contribution is -2.07. The largest absolute Gasteiger partial charge is 0.477 e. The predicted octanol–water partition coefficient (Wildman–Crippen LogP) is 4.80. The Kier molecular flexibility index (Phi) is 6.03. The smallest absolute Gasteiger partial charge is 0.353 e. The highest BCUT2D eigenvalue weighted by Gasteiger charge is 2.25. The summed E-state index contributed by atoms with van der Waals surface area (Å²) in [5.41, 5.74) is 3.98. The Morgan fingerprint density at radius 3 is 2.24 bits per heavy atom. The van der Waals surface area contributed by atoms with Crippen molar-refractivity contribution in [1.29, 1.82) is 5.26 Å². The maximum absolute atomic E-state index is 11.8. The number of carboxylic acids is 1. The topological polar surface area (TPSA) is 66.0 Å². The second-order valence-corrected chi connectivity index (χ2v) is 6.46. The van der Waals surface area contributed by atoms with Crippen LogP contribution in [0.5, 0.6) is 0 Å². The van der Waals surface area contributed by atoms with Crippen molar-refractivity contribution < 1.29 is 9.90 Å². The van der Waals surface area contributed by atoms with Crippen molar-refractivity contribution >= 4 is 5.97 Å². The molecule has 0 aliphatic carbocycles. The Morgan fingerprint density at radius 1 is 1.20 bits per heavy atom. The van der Waals surface area contributed by atoms with E-state index in [1.165, 1.54) is 5.56 Å². The molecule has 0 saturated heterocycles. The molecule has 0 spiro atoms. The standard InChI is InChI=1S/C21H26N2O2/c1-5-14(6-2)12-15-8-10-16(11-9-15)19-17(13-22)18(7-3)23(4)20(19)21(24)25/h8-11,14H,5-7,12H2,1-4H3,(H,24,25). The molecular formula is C21H26N2O2. The number of rotatable bonds is 7. The van der Waals surface area contributed by atoms with Crippen LogP contribution in [0.1, 0.15) is 60.9 Å². The molecule has 1 heterocycles. The lowest BCUT2D eigenvalue weighted by atomic mass is 9.93. The molecule has 1 aromatic carbocycles. The summed E-state index contributed by atoms with van der Waals surface area (Å²) in [4.78, 5) is 11.8. The first-order chi connectivity index (χ1) is 12.0.